The van der Waals surface area contributed by atoms with Crippen LogP contribution in [0.3, 0.4) is 0 Å². The van der Waals surface area contributed by atoms with E-state index in [2.05, 4.69) is 34.3 Å². The predicted octanol–water partition coefficient (Wildman–Crippen LogP) is 3.25. The second-order valence-electron chi connectivity index (χ2n) is 10.8. The zero-order valence-electron chi connectivity index (χ0n) is 23.6. The molecule has 36 heavy (non-hydrogen) atoms. The van der Waals surface area contributed by atoms with E-state index >= 15 is 0 Å². The number of ether oxygens (including phenoxy) is 1. The van der Waals surface area contributed by atoms with Crippen LogP contribution in [0.2, 0.25) is 0 Å². The average Bonchev–Trinajstić information content (AvgIpc) is 2.83. The highest BCUT2D eigenvalue weighted by atomic mass is 16.5. The van der Waals surface area contributed by atoms with Gasteiger partial charge >= 0.3 is 0 Å². The molecule has 2 amide bonds. The molecule has 0 aromatic rings. The number of ketones is 1. The van der Waals surface area contributed by atoms with Crippen LogP contribution in [-0.2, 0) is 19.1 Å². The smallest absolute Gasteiger partial charge is 0.220 e. The Hall–Kier alpha value is -1.51. The number of rotatable bonds is 21. The molecule has 0 spiro atoms. The highest BCUT2D eigenvalue weighted by Crippen LogP contribution is 2.06. The molecule has 0 bridgehead atoms. The van der Waals surface area contributed by atoms with E-state index in [1.165, 1.54) is 6.42 Å². The van der Waals surface area contributed by atoms with Gasteiger partial charge in [0.2, 0.25) is 11.8 Å². The summed E-state index contributed by atoms with van der Waals surface area (Å²) in [6.07, 6.45) is 7.47. The van der Waals surface area contributed by atoms with Crippen LogP contribution >= 0.6 is 0 Å². The Morgan fingerprint density at radius 2 is 1.31 bits per heavy atom. The summed E-state index contributed by atoms with van der Waals surface area (Å²) in [5.41, 5.74) is 0. The number of nitrogens with one attached hydrogen (secondary N) is 2. The van der Waals surface area contributed by atoms with E-state index in [1.807, 2.05) is 13.8 Å². The van der Waals surface area contributed by atoms with Crippen molar-refractivity contribution in [3.8, 4) is 0 Å². The van der Waals surface area contributed by atoms with Crippen LogP contribution in [0.4, 0.5) is 0 Å². The van der Waals surface area contributed by atoms with Crippen LogP contribution in [0.15, 0.2) is 0 Å². The number of nitrogens with zero attached hydrogens (tertiary/aromatic N) is 2. The summed E-state index contributed by atoms with van der Waals surface area (Å²) < 4.78 is 5.59. The first-order chi connectivity index (χ1) is 17.3. The summed E-state index contributed by atoms with van der Waals surface area (Å²) in [7, 11) is 0. The number of hydrogen-bond acceptors (Lipinski definition) is 6. The number of unbranched alkanes of at least 4 members (excludes halogenated alkanes) is 2. The first-order valence-corrected chi connectivity index (χ1v) is 14.4. The Bertz CT molecular complexity index is 604. The van der Waals surface area contributed by atoms with Crippen molar-refractivity contribution < 1.29 is 19.1 Å². The maximum absolute atomic E-state index is 12.1. The summed E-state index contributed by atoms with van der Waals surface area (Å²) in [5, 5.41) is 5.95. The predicted molar refractivity (Wildman–Crippen MR) is 146 cm³/mol. The van der Waals surface area contributed by atoms with Gasteiger partial charge in [-0.15, -0.1) is 0 Å². The number of piperazine rings is 1. The normalized spacial score (nSPS) is 14.9. The van der Waals surface area contributed by atoms with Crippen molar-refractivity contribution in [2.24, 2.45) is 11.8 Å². The van der Waals surface area contributed by atoms with Gasteiger partial charge < -0.3 is 20.3 Å². The quantitative estimate of drug-likeness (QED) is 0.230. The Kier molecular flexibility index (Phi) is 18.6. The van der Waals surface area contributed by atoms with E-state index in [4.69, 9.17) is 4.74 Å². The molecule has 8 heteroatoms. The van der Waals surface area contributed by atoms with Crippen molar-refractivity contribution in [3.63, 3.8) is 0 Å². The van der Waals surface area contributed by atoms with Gasteiger partial charge in [-0.3, -0.25) is 19.3 Å². The average molecular weight is 511 g/mol. The Labute approximate surface area is 220 Å². The molecule has 0 radical (unpaired) electrons. The molecule has 0 saturated carbocycles. The first kappa shape index (κ1) is 32.5. The van der Waals surface area contributed by atoms with Crippen LogP contribution in [0.1, 0.15) is 85.5 Å². The number of amides is 2. The molecule has 8 nitrogen and oxygen atoms in total. The third-order valence-electron chi connectivity index (χ3n) is 6.70. The molecular weight excluding hydrogens is 456 g/mol. The SMILES string of the molecule is CC(C)CCCCNC(=O)CCCC(=O)NCCN1CCN(CCCCOCCC(=O)C(C)C)CC1. The minimum atomic E-state index is 0.0363. The van der Waals surface area contributed by atoms with Crippen LogP contribution in [0.25, 0.3) is 0 Å². The summed E-state index contributed by atoms with van der Waals surface area (Å²) in [4.78, 5) is 40.4. The number of carbonyl (C=O) groups excluding carboxylic acids is 3. The lowest BCUT2D eigenvalue weighted by atomic mass is 10.1. The van der Waals surface area contributed by atoms with Crippen molar-refractivity contribution in [3.05, 3.63) is 0 Å². The van der Waals surface area contributed by atoms with Crippen LogP contribution in [-0.4, -0.2) is 93.0 Å². The van der Waals surface area contributed by atoms with Gasteiger partial charge in [0, 0.05) is 77.6 Å². The monoisotopic (exact) mass is 510 g/mol. The lowest BCUT2D eigenvalue weighted by molar-refractivity contribution is -0.123. The van der Waals surface area contributed by atoms with Gasteiger partial charge in [-0.1, -0.05) is 40.5 Å². The van der Waals surface area contributed by atoms with Gasteiger partial charge in [0.15, 0.2) is 0 Å². The van der Waals surface area contributed by atoms with Gasteiger partial charge in [-0.25, -0.2) is 0 Å². The first-order valence-electron chi connectivity index (χ1n) is 14.4. The minimum absolute atomic E-state index is 0.0363. The van der Waals surface area contributed by atoms with E-state index in [9.17, 15) is 14.4 Å². The van der Waals surface area contributed by atoms with Crippen molar-refractivity contribution in [1.82, 2.24) is 20.4 Å². The van der Waals surface area contributed by atoms with Gasteiger partial charge in [-0.05, 0) is 38.1 Å². The molecular formula is C28H54N4O4. The highest BCUT2D eigenvalue weighted by Gasteiger charge is 2.16. The van der Waals surface area contributed by atoms with Crippen molar-refractivity contribution in [2.45, 2.75) is 85.5 Å². The molecule has 1 aliphatic heterocycles. The zero-order valence-corrected chi connectivity index (χ0v) is 23.6. The van der Waals surface area contributed by atoms with E-state index in [-0.39, 0.29) is 23.5 Å². The van der Waals surface area contributed by atoms with Gasteiger partial charge in [0.25, 0.3) is 0 Å². The number of hydrogen-bond donors (Lipinski definition) is 2. The van der Waals surface area contributed by atoms with Gasteiger partial charge in [0.1, 0.15) is 5.78 Å². The molecule has 0 aromatic carbocycles. The van der Waals surface area contributed by atoms with Gasteiger partial charge in [-0.2, -0.15) is 0 Å². The largest absolute Gasteiger partial charge is 0.381 e. The van der Waals surface area contributed by atoms with Gasteiger partial charge in [0.05, 0.1) is 6.61 Å². The standard InChI is InChI=1S/C28H54N4O4/c1-24(2)10-5-6-14-29-27(34)11-9-12-28(35)30-15-17-32-20-18-31(19-21-32)16-7-8-22-36-23-13-26(33)25(3)4/h24-25H,5-23H2,1-4H3,(H,29,34)(H,30,35). The second kappa shape index (κ2) is 20.5. The number of Topliss-reactive ketones (excluding diaryl/α,β-unsaturated/α-hetero) is 1. The van der Waals surface area contributed by atoms with E-state index in [1.54, 1.807) is 0 Å². The van der Waals surface area contributed by atoms with Crippen molar-refractivity contribution >= 4 is 17.6 Å². The topological polar surface area (TPSA) is 91.0 Å². The molecule has 1 fully saturated rings. The molecule has 210 valence electrons. The van der Waals surface area contributed by atoms with Crippen molar-refractivity contribution in [1.29, 1.82) is 0 Å². The van der Waals surface area contributed by atoms with Crippen LogP contribution in [0, 0.1) is 11.8 Å². The summed E-state index contributed by atoms with van der Waals surface area (Å²) >= 11 is 0. The number of carbonyl (C=O) groups is 3. The second-order valence-corrected chi connectivity index (χ2v) is 10.8. The summed E-state index contributed by atoms with van der Waals surface area (Å²) in [6.45, 7) is 17.1. The van der Waals surface area contributed by atoms with E-state index < -0.39 is 0 Å². The Balaban J connectivity index is 1.93. The van der Waals surface area contributed by atoms with Crippen molar-refractivity contribution in [2.75, 3.05) is 65.6 Å². The summed E-state index contributed by atoms with van der Waals surface area (Å²) in [6, 6.07) is 0. The third-order valence-corrected chi connectivity index (χ3v) is 6.70. The fourth-order valence-corrected chi connectivity index (χ4v) is 4.18. The molecule has 1 aliphatic rings. The fourth-order valence-electron chi connectivity index (χ4n) is 4.18. The molecule has 0 aromatic heterocycles. The lowest BCUT2D eigenvalue weighted by Crippen LogP contribution is -2.48. The Morgan fingerprint density at radius 3 is 1.92 bits per heavy atom. The van der Waals surface area contributed by atoms with E-state index in [0.29, 0.717) is 44.8 Å². The fraction of sp³-hybridized carbons (Fsp3) is 0.893. The molecule has 2 N–H and O–H groups in total. The molecule has 1 rings (SSSR count). The third kappa shape index (κ3) is 17.8. The maximum atomic E-state index is 12.1. The zero-order chi connectivity index (χ0) is 26.6. The molecule has 0 unspecified atom stereocenters. The van der Waals surface area contributed by atoms with E-state index in [0.717, 1.165) is 78.1 Å². The Morgan fingerprint density at radius 1 is 0.694 bits per heavy atom. The molecule has 1 heterocycles. The molecule has 0 aliphatic carbocycles. The molecule has 0 atom stereocenters. The van der Waals surface area contributed by atoms with Crippen LogP contribution in [0.5, 0.6) is 0 Å². The van der Waals surface area contributed by atoms with Crippen LogP contribution < -0.4 is 10.6 Å². The molecule has 1 saturated heterocycles. The highest BCUT2D eigenvalue weighted by molar-refractivity contribution is 5.80. The maximum Gasteiger partial charge on any atom is 0.220 e. The lowest BCUT2D eigenvalue weighted by Gasteiger charge is -2.34. The minimum Gasteiger partial charge on any atom is -0.381 e. The summed E-state index contributed by atoms with van der Waals surface area (Å²) in [5.74, 6) is 1.17.